The number of carbonyl (C=O) groups is 2. The molecule has 2 aromatic carbocycles. The molecule has 9 heteroatoms. The molecule has 1 heterocycles. The van der Waals surface area contributed by atoms with E-state index in [1.54, 1.807) is 36.4 Å². The summed E-state index contributed by atoms with van der Waals surface area (Å²) in [5.41, 5.74) is 1.69. The van der Waals surface area contributed by atoms with E-state index in [2.05, 4.69) is 10.6 Å². The Morgan fingerprint density at radius 2 is 1.73 bits per heavy atom. The summed E-state index contributed by atoms with van der Waals surface area (Å²) >= 11 is 0. The van der Waals surface area contributed by atoms with Crippen molar-refractivity contribution >= 4 is 27.5 Å². The summed E-state index contributed by atoms with van der Waals surface area (Å²) in [6.45, 7) is 2.68. The highest BCUT2D eigenvalue weighted by Crippen LogP contribution is 2.27. The first kappa shape index (κ1) is 24.7. The normalized spacial score (nSPS) is 16.7. The van der Waals surface area contributed by atoms with Gasteiger partial charge < -0.3 is 15.4 Å². The molecule has 1 saturated heterocycles. The third-order valence-electron chi connectivity index (χ3n) is 5.83. The minimum Gasteiger partial charge on any atom is -0.497 e. The van der Waals surface area contributed by atoms with Gasteiger partial charge in [-0.05, 0) is 67.6 Å². The average Bonchev–Trinajstić information content (AvgIpc) is 2.84. The minimum absolute atomic E-state index is 0.209. The van der Waals surface area contributed by atoms with Gasteiger partial charge in [0.25, 0.3) is 0 Å². The number of nitrogens with zero attached hydrogens (tertiary/aromatic N) is 1. The van der Waals surface area contributed by atoms with Crippen molar-refractivity contribution in [3.8, 4) is 5.75 Å². The minimum atomic E-state index is -3.66. The quantitative estimate of drug-likeness (QED) is 0.574. The first-order valence-corrected chi connectivity index (χ1v) is 12.6. The van der Waals surface area contributed by atoms with Crippen LogP contribution in [0.15, 0.2) is 53.4 Å². The van der Waals surface area contributed by atoms with Gasteiger partial charge in [0.1, 0.15) is 5.75 Å². The Hall–Kier alpha value is -2.91. The molecule has 3 rings (SSSR count). The van der Waals surface area contributed by atoms with Crippen LogP contribution in [-0.2, 0) is 26.0 Å². The number of aryl methyl sites for hydroxylation is 1. The molecule has 33 heavy (non-hydrogen) atoms. The summed E-state index contributed by atoms with van der Waals surface area (Å²) in [5, 5.41) is 5.19. The van der Waals surface area contributed by atoms with E-state index < -0.39 is 21.8 Å². The number of amides is 2. The molecule has 1 fully saturated rings. The summed E-state index contributed by atoms with van der Waals surface area (Å²) in [5.74, 6) is -0.896. The molecule has 0 unspecified atom stereocenters. The van der Waals surface area contributed by atoms with Gasteiger partial charge in [-0.1, -0.05) is 25.5 Å². The summed E-state index contributed by atoms with van der Waals surface area (Å²) in [4.78, 5) is 24.6. The first-order chi connectivity index (χ1) is 15.8. The molecule has 8 nitrogen and oxygen atoms in total. The predicted octanol–water partition coefficient (Wildman–Crippen LogP) is 2.95. The Morgan fingerprint density at radius 1 is 1.03 bits per heavy atom. The molecule has 2 N–H and O–H groups in total. The topological polar surface area (TPSA) is 105 Å². The molecule has 178 valence electrons. The van der Waals surface area contributed by atoms with Gasteiger partial charge in [0.15, 0.2) is 0 Å². The second-order valence-corrected chi connectivity index (χ2v) is 9.88. The van der Waals surface area contributed by atoms with Gasteiger partial charge >= 0.3 is 11.8 Å². The maximum atomic E-state index is 13.2. The Labute approximate surface area is 195 Å². The number of hydrogen-bond donors (Lipinski definition) is 2. The van der Waals surface area contributed by atoms with Crippen LogP contribution >= 0.6 is 0 Å². The van der Waals surface area contributed by atoms with Gasteiger partial charge in [-0.3, -0.25) is 9.59 Å². The van der Waals surface area contributed by atoms with E-state index in [4.69, 9.17) is 4.74 Å². The number of hydrogen-bond acceptors (Lipinski definition) is 5. The number of piperidine rings is 1. The monoisotopic (exact) mass is 473 g/mol. The Kier molecular flexibility index (Phi) is 8.46. The van der Waals surface area contributed by atoms with Crippen molar-refractivity contribution in [3.63, 3.8) is 0 Å². The highest BCUT2D eigenvalue weighted by molar-refractivity contribution is 7.89. The van der Waals surface area contributed by atoms with E-state index in [-0.39, 0.29) is 17.5 Å². The van der Waals surface area contributed by atoms with Crippen LogP contribution in [0.3, 0.4) is 0 Å². The molecule has 0 radical (unpaired) electrons. The lowest BCUT2D eigenvalue weighted by Crippen LogP contribution is -2.45. The highest BCUT2D eigenvalue weighted by Gasteiger charge is 2.33. The standard InChI is InChI=1S/C24H31N3O5S/c1-3-18-7-9-19(10-8-18)26-24(29)23(28)25-16-15-20-6-4-5-17-27(20)33(30,31)22-13-11-21(32-2)12-14-22/h7-14,20H,3-6,15-17H2,1-2H3,(H,25,28)(H,26,29)/t20-/m0/s1. The number of ether oxygens (including phenoxy) is 1. The molecule has 0 saturated carbocycles. The summed E-state index contributed by atoms with van der Waals surface area (Å²) in [6, 6.07) is 13.4. The van der Waals surface area contributed by atoms with Gasteiger partial charge in [-0.15, -0.1) is 0 Å². The largest absolute Gasteiger partial charge is 0.497 e. The van der Waals surface area contributed by atoms with Crippen LogP contribution in [0.25, 0.3) is 0 Å². The van der Waals surface area contributed by atoms with Crippen LogP contribution in [0.5, 0.6) is 5.75 Å². The van der Waals surface area contributed by atoms with Crippen LogP contribution in [-0.4, -0.2) is 50.8 Å². The van der Waals surface area contributed by atoms with Gasteiger partial charge in [0.05, 0.1) is 12.0 Å². The Balaban J connectivity index is 1.56. The molecule has 1 atom stereocenters. The first-order valence-electron chi connectivity index (χ1n) is 11.2. The lowest BCUT2D eigenvalue weighted by atomic mass is 10.0. The van der Waals surface area contributed by atoms with Crippen LogP contribution in [0, 0.1) is 0 Å². The number of anilines is 1. The van der Waals surface area contributed by atoms with Crippen LogP contribution in [0.2, 0.25) is 0 Å². The molecular weight excluding hydrogens is 442 g/mol. The van der Waals surface area contributed by atoms with Crippen molar-refractivity contribution in [3.05, 3.63) is 54.1 Å². The molecule has 2 aromatic rings. The molecule has 1 aliphatic rings. The molecular formula is C24H31N3O5S. The second-order valence-electron chi connectivity index (χ2n) is 7.99. The van der Waals surface area contributed by atoms with E-state index in [1.807, 2.05) is 19.1 Å². The fourth-order valence-corrected chi connectivity index (χ4v) is 5.63. The fraction of sp³-hybridized carbons (Fsp3) is 0.417. The zero-order valence-corrected chi connectivity index (χ0v) is 19.9. The number of sulfonamides is 1. The summed E-state index contributed by atoms with van der Waals surface area (Å²) < 4.78 is 33.0. The van der Waals surface area contributed by atoms with Gasteiger partial charge in [-0.2, -0.15) is 4.31 Å². The SMILES string of the molecule is CCc1ccc(NC(=O)C(=O)NCC[C@@H]2CCCCN2S(=O)(=O)c2ccc(OC)cc2)cc1. The second kappa shape index (κ2) is 11.3. The third-order valence-corrected chi connectivity index (χ3v) is 7.79. The Morgan fingerprint density at radius 3 is 2.36 bits per heavy atom. The van der Waals surface area contributed by atoms with Crippen molar-refractivity contribution in [2.45, 2.75) is 50.0 Å². The van der Waals surface area contributed by atoms with Gasteiger partial charge in [0.2, 0.25) is 10.0 Å². The molecule has 1 aliphatic heterocycles. The van der Waals surface area contributed by atoms with Crippen molar-refractivity contribution in [2.24, 2.45) is 0 Å². The number of carbonyl (C=O) groups excluding carboxylic acids is 2. The molecule has 0 spiro atoms. The van der Waals surface area contributed by atoms with E-state index in [0.717, 1.165) is 24.8 Å². The van der Waals surface area contributed by atoms with Crippen molar-refractivity contribution < 1.29 is 22.7 Å². The number of benzene rings is 2. The Bertz CT molecular complexity index is 1050. The fourth-order valence-electron chi connectivity index (χ4n) is 3.91. The van der Waals surface area contributed by atoms with Crippen LogP contribution in [0.4, 0.5) is 5.69 Å². The zero-order valence-electron chi connectivity index (χ0n) is 19.0. The summed E-state index contributed by atoms with van der Waals surface area (Å²) in [7, 11) is -2.14. The average molecular weight is 474 g/mol. The van der Waals surface area contributed by atoms with E-state index in [0.29, 0.717) is 30.8 Å². The third kappa shape index (κ3) is 6.33. The van der Waals surface area contributed by atoms with E-state index >= 15 is 0 Å². The van der Waals surface area contributed by atoms with Crippen LogP contribution in [0.1, 0.15) is 38.2 Å². The maximum absolute atomic E-state index is 13.2. The van der Waals surface area contributed by atoms with E-state index in [1.165, 1.54) is 11.4 Å². The number of rotatable bonds is 8. The summed E-state index contributed by atoms with van der Waals surface area (Å²) in [6.07, 6.45) is 3.74. The zero-order chi connectivity index (χ0) is 23.8. The van der Waals surface area contributed by atoms with Crippen molar-refractivity contribution in [2.75, 3.05) is 25.5 Å². The van der Waals surface area contributed by atoms with Crippen molar-refractivity contribution in [1.82, 2.24) is 9.62 Å². The number of methoxy groups -OCH3 is 1. The van der Waals surface area contributed by atoms with Gasteiger partial charge in [-0.25, -0.2) is 8.42 Å². The lowest BCUT2D eigenvalue weighted by molar-refractivity contribution is -0.136. The maximum Gasteiger partial charge on any atom is 0.313 e. The molecule has 0 bridgehead atoms. The van der Waals surface area contributed by atoms with E-state index in [9.17, 15) is 18.0 Å². The molecule has 0 aromatic heterocycles. The molecule has 2 amide bonds. The number of nitrogens with one attached hydrogen (secondary N) is 2. The lowest BCUT2D eigenvalue weighted by Gasteiger charge is -2.34. The van der Waals surface area contributed by atoms with Gasteiger partial charge in [0, 0.05) is 24.8 Å². The smallest absolute Gasteiger partial charge is 0.313 e. The molecule has 0 aliphatic carbocycles. The predicted molar refractivity (Wildman–Crippen MR) is 127 cm³/mol. The highest BCUT2D eigenvalue weighted by atomic mass is 32.2. The van der Waals surface area contributed by atoms with Crippen LogP contribution < -0.4 is 15.4 Å². The van der Waals surface area contributed by atoms with Crippen molar-refractivity contribution in [1.29, 1.82) is 0 Å².